The zero-order valence-corrected chi connectivity index (χ0v) is 13.5. The van der Waals surface area contributed by atoms with Crippen LogP contribution in [0.25, 0.3) is 0 Å². The minimum atomic E-state index is -0.764. The van der Waals surface area contributed by atoms with Crippen LogP contribution in [-0.4, -0.2) is 51.6 Å². The fourth-order valence-corrected chi connectivity index (χ4v) is 3.36. The summed E-state index contributed by atoms with van der Waals surface area (Å²) >= 11 is 0. The fraction of sp³-hybridized carbons (Fsp3) is 0.667. The van der Waals surface area contributed by atoms with Crippen molar-refractivity contribution in [3.8, 4) is 0 Å². The molecule has 0 bridgehead atoms. The maximum Gasteiger partial charge on any atom is 0.325 e. The van der Waals surface area contributed by atoms with Gasteiger partial charge in [-0.2, -0.15) is 0 Å². The third-order valence-corrected chi connectivity index (χ3v) is 4.62. The topological polar surface area (TPSA) is 78.7 Å². The van der Waals surface area contributed by atoms with Crippen molar-refractivity contribution in [3.05, 3.63) is 17.0 Å². The summed E-state index contributed by atoms with van der Waals surface area (Å²) in [5, 5.41) is 6.87. The van der Waals surface area contributed by atoms with Gasteiger partial charge in [0.05, 0.1) is 5.69 Å². The molecule has 1 N–H and O–H groups in total. The number of urea groups is 1. The highest BCUT2D eigenvalue weighted by Crippen LogP contribution is 2.31. The molecule has 0 unspecified atom stereocenters. The van der Waals surface area contributed by atoms with Crippen LogP contribution >= 0.6 is 0 Å². The van der Waals surface area contributed by atoms with E-state index in [-0.39, 0.29) is 18.0 Å². The quantitative estimate of drug-likeness (QED) is 0.849. The van der Waals surface area contributed by atoms with Crippen molar-refractivity contribution in [2.24, 2.45) is 0 Å². The molecule has 1 aromatic heterocycles. The summed E-state index contributed by atoms with van der Waals surface area (Å²) in [6, 6.07) is -0.400. The lowest BCUT2D eigenvalue weighted by atomic mass is 9.98. The minimum absolute atomic E-state index is 0.103. The predicted octanol–water partition coefficient (Wildman–Crippen LogP) is 1.20. The Morgan fingerprint density at radius 2 is 2.09 bits per heavy atom. The number of aryl methyl sites for hydroxylation is 2. The Morgan fingerprint density at radius 3 is 2.64 bits per heavy atom. The van der Waals surface area contributed by atoms with E-state index in [0.29, 0.717) is 19.5 Å². The van der Waals surface area contributed by atoms with Crippen LogP contribution in [0.3, 0.4) is 0 Å². The minimum Gasteiger partial charge on any atom is -0.361 e. The van der Waals surface area contributed by atoms with Crippen molar-refractivity contribution in [2.45, 2.75) is 52.2 Å². The second-order valence-corrected chi connectivity index (χ2v) is 6.54. The van der Waals surface area contributed by atoms with Crippen LogP contribution in [0, 0.1) is 13.8 Å². The van der Waals surface area contributed by atoms with Crippen LogP contribution < -0.4 is 5.32 Å². The molecule has 3 heterocycles. The van der Waals surface area contributed by atoms with E-state index < -0.39 is 5.54 Å². The molecular weight excluding hydrogens is 284 g/mol. The van der Waals surface area contributed by atoms with Crippen molar-refractivity contribution in [1.29, 1.82) is 0 Å². The number of nitrogens with zero attached hydrogens (tertiary/aromatic N) is 3. The lowest BCUT2D eigenvalue weighted by Crippen LogP contribution is -2.49. The van der Waals surface area contributed by atoms with Gasteiger partial charge in [0.15, 0.2) is 0 Å². The van der Waals surface area contributed by atoms with Gasteiger partial charge in [-0.15, -0.1) is 0 Å². The average molecular weight is 306 g/mol. The summed E-state index contributed by atoms with van der Waals surface area (Å²) in [4.78, 5) is 28.2. The SMILES string of the molecule is Cc1noc(C)c1CN1CC[C@@]2(C1)NC(=O)N(C(C)C)C2=O. The Morgan fingerprint density at radius 1 is 1.36 bits per heavy atom. The molecule has 7 nitrogen and oxygen atoms in total. The summed E-state index contributed by atoms with van der Waals surface area (Å²) < 4.78 is 5.19. The van der Waals surface area contributed by atoms with Gasteiger partial charge < -0.3 is 9.84 Å². The van der Waals surface area contributed by atoms with Crippen molar-refractivity contribution < 1.29 is 14.1 Å². The molecule has 120 valence electrons. The molecule has 2 saturated heterocycles. The van der Waals surface area contributed by atoms with Gasteiger partial charge in [-0.05, 0) is 34.1 Å². The first kappa shape index (κ1) is 15.0. The molecular formula is C15H22N4O3. The Balaban J connectivity index is 1.75. The first-order chi connectivity index (χ1) is 10.3. The first-order valence-corrected chi connectivity index (χ1v) is 7.64. The Labute approximate surface area is 129 Å². The molecule has 1 spiro atoms. The third kappa shape index (κ3) is 2.20. The molecule has 1 atom stereocenters. The van der Waals surface area contributed by atoms with E-state index in [0.717, 1.165) is 23.6 Å². The summed E-state index contributed by atoms with van der Waals surface area (Å²) in [5.74, 6) is 0.706. The van der Waals surface area contributed by atoms with E-state index >= 15 is 0 Å². The summed E-state index contributed by atoms with van der Waals surface area (Å²) in [6.45, 7) is 9.51. The van der Waals surface area contributed by atoms with Gasteiger partial charge in [0, 0.05) is 31.2 Å². The number of rotatable bonds is 3. The molecule has 2 aliphatic rings. The maximum atomic E-state index is 12.6. The van der Waals surface area contributed by atoms with Crippen molar-refractivity contribution in [2.75, 3.05) is 13.1 Å². The summed E-state index contributed by atoms with van der Waals surface area (Å²) in [6.07, 6.45) is 0.643. The van der Waals surface area contributed by atoms with Gasteiger partial charge >= 0.3 is 6.03 Å². The Bertz CT molecular complexity index is 605. The zero-order valence-electron chi connectivity index (χ0n) is 13.5. The highest BCUT2D eigenvalue weighted by atomic mass is 16.5. The molecule has 3 amide bonds. The average Bonchev–Trinajstić information content (AvgIpc) is 3.05. The van der Waals surface area contributed by atoms with Gasteiger partial charge in [0.1, 0.15) is 11.3 Å². The number of hydrogen-bond acceptors (Lipinski definition) is 5. The molecule has 0 aromatic carbocycles. The van der Waals surface area contributed by atoms with Crippen molar-refractivity contribution in [3.63, 3.8) is 0 Å². The molecule has 2 aliphatic heterocycles. The molecule has 0 saturated carbocycles. The number of nitrogens with one attached hydrogen (secondary N) is 1. The van der Waals surface area contributed by atoms with E-state index in [1.54, 1.807) is 0 Å². The molecule has 0 radical (unpaired) electrons. The zero-order chi connectivity index (χ0) is 16.1. The smallest absolute Gasteiger partial charge is 0.325 e. The molecule has 22 heavy (non-hydrogen) atoms. The number of hydrogen-bond donors (Lipinski definition) is 1. The molecule has 2 fully saturated rings. The molecule has 0 aliphatic carbocycles. The van der Waals surface area contributed by atoms with E-state index in [4.69, 9.17) is 4.52 Å². The number of carbonyl (C=O) groups is 2. The normalized spacial score (nSPS) is 25.8. The molecule has 1 aromatic rings. The van der Waals surface area contributed by atoms with Crippen LogP contribution in [0.5, 0.6) is 0 Å². The molecule has 7 heteroatoms. The van der Waals surface area contributed by atoms with E-state index in [9.17, 15) is 9.59 Å². The number of carbonyl (C=O) groups excluding carboxylic acids is 2. The fourth-order valence-electron chi connectivity index (χ4n) is 3.36. The van der Waals surface area contributed by atoms with Crippen LogP contribution in [0.15, 0.2) is 4.52 Å². The lowest BCUT2D eigenvalue weighted by Gasteiger charge is -2.23. The third-order valence-electron chi connectivity index (χ3n) is 4.62. The van der Waals surface area contributed by atoms with Crippen LogP contribution in [0.2, 0.25) is 0 Å². The number of likely N-dealkylation sites (tertiary alicyclic amines) is 1. The number of amides is 3. The van der Waals surface area contributed by atoms with Gasteiger partial charge in [-0.25, -0.2) is 4.79 Å². The number of imide groups is 1. The van der Waals surface area contributed by atoms with Crippen LogP contribution in [0.1, 0.15) is 37.3 Å². The number of aromatic nitrogens is 1. The first-order valence-electron chi connectivity index (χ1n) is 7.64. The van der Waals surface area contributed by atoms with Gasteiger partial charge in [-0.1, -0.05) is 5.16 Å². The van der Waals surface area contributed by atoms with Gasteiger partial charge in [-0.3, -0.25) is 14.6 Å². The monoisotopic (exact) mass is 306 g/mol. The largest absolute Gasteiger partial charge is 0.361 e. The Hall–Kier alpha value is -1.89. The molecule has 3 rings (SSSR count). The van der Waals surface area contributed by atoms with Crippen LogP contribution in [-0.2, 0) is 11.3 Å². The summed E-state index contributed by atoms with van der Waals surface area (Å²) in [5.41, 5.74) is 1.18. The van der Waals surface area contributed by atoms with E-state index in [1.165, 1.54) is 4.90 Å². The summed E-state index contributed by atoms with van der Waals surface area (Å²) in [7, 11) is 0. The highest BCUT2D eigenvalue weighted by molar-refractivity contribution is 6.07. The lowest BCUT2D eigenvalue weighted by molar-refractivity contribution is -0.132. The standard InChI is InChI=1S/C15H22N4O3/c1-9(2)19-13(20)15(16-14(19)21)5-6-18(8-15)7-12-10(3)17-22-11(12)4/h9H,5-8H2,1-4H3,(H,16,21)/t15-/m0/s1. The van der Waals surface area contributed by atoms with Gasteiger partial charge in [0.2, 0.25) is 0 Å². The van der Waals surface area contributed by atoms with E-state index in [1.807, 2.05) is 27.7 Å². The second kappa shape index (κ2) is 5.08. The van der Waals surface area contributed by atoms with Crippen LogP contribution in [0.4, 0.5) is 4.79 Å². The van der Waals surface area contributed by atoms with Crippen molar-refractivity contribution >= 4 is 11.9 Å². The Kier molecular flexibility index (Phi) is 3.47. The second-order valence-electron chi connectivity index (χ2n) is 6.54. The van der Waals surface area contributed by atoms with Gasteiger partial charge in [0.25, 0.3) is 5.91 Å². The highest BCUT2D eigenvalue weighted by Gasteiger charge is 2.55. The maximum absolute atomic E-state index is 12.6. The predicted molar refractivity (Wildman–Crippen MR) is 79.1 cm³/mol. The van der Waals surface area contributed by atoms with E-state index in [2.05, 4.69) is 15.4 Å². The van der Waals surface area contributed by atoms with Crippen molar-refractivity contribution in [1.82, 2.24) is 20.3 Å².